The van der Waals surface area contributed by atoms with E-state index < -0.39 is 0 Å². The smallest absolute Gasteiger partial charge is 0.228 e. The average Bonchev–Trinajstić information content (AvgIpc) is 2.66. The molecule has 0 bridgehead atoms. The Balaban J connectivity index is 1.75. The SMILES string of the molecule is O=C(CCc1ccccc1)N(Cc1ccccc1)c1ccccn1. The molecular formula is C21H20N2O. The Kier molecular flexibility index (Phi) is 5.36. The molecule has 120 valence electrons. The number of hydrogen-bond acceptors (Lipinski definition) is 2. The normalized spacial score (nSPS) is 10.3. The lowest BCUT2D eigenvalue weighted by atomic mass is 10.1. The van der Waals surface area contributed by atoms with Crippen LogP contribution in [0, 0.1) is 0 Å². The first-order valence-corrected chi connectivity index (χ1v) is 8.12. The van der Waals surface area contributed by atoms with Crippen LogP contribution in [0.5, 0.6) is 0 Å². The molecule has 0 atom stereocenters. The van der Waals surface area contributed by atoms with Crippen molar-refractivity contribution in [1.29, 1.82) is 0 Å². The summed E-state index contributed by atoms with van der Waals surface area (Å²) in [5, 5.41) is 0. The fraction of sp³-hybridized carbons (Fsp3) is 0.143. The molecule has 0 aliphatic heterocycles. The summed E-state index contributed by atoms with van der Waals surface area (Å²) in [5.74, 6) is 0.779. The maximum Gasteiger partial charge on any atom is 0.228 e. The number of nitrogens with zero attached hydrogens (tertiary/aromatic N) is 2. The van der Waals surface area contributed by atoms with Gasteiger partial charge in [0.15, 0.2) is 0 Å². The van der Waals surface area contributed by atoms with E-state index >= 15 is 0 Å². The highest BCUT2D eigenvalue weighted by atomic mass is 16.2. The van der Waals surface area contributed by atoms with Crippen molar-refractivity contribution >= 4 is 11.7 Å². The number of aryl methyl sites for hydroxylation is 1. The van der Waals surface area contributed by atoms with Crippen LogP contribution < -0.4 is 4.90 Å². The first-order chi connectivity index (χ1) is 11.8. The third kappa shape index (κ3) is 4.29. The van der Waals surface area contributed by atoms with Gasteiger partial charge in [-0.25, -0.2) is 4.98 Å². The molecule has 3 aromatic rings. The molecule has 0 saturated carbocycles. The molecule has 0 N–H and O–H groups in total. The van der Waals surface area contributed by atoms with Crippen molar-refractivity contribution in [3.63, 3.8) is 0 Å². The fourth-order valence-electron chi connectivity index (χ4n) is 2.61. The van der Waals surface area contributed by atoms with Gasteiger partial charge < -0.3 is 0 Å². The molecule has 1 amide bonds. The van der Waals surface area contributed by atoms with E-state index in [-0.39, 0.29) is 5.91 Å². The van der Waals surface area contributed by atoms with Crippen LogP contribution in [0.25, 0.3) is 0 Å². The number of benzene rings is 2. The summed E-state index contributed by atoms with van der Waals surface area (Å²) in [4.78, 5) is 18.9. The number of pyridine rings is 1. The lowest BCUT2D eigenvalue weighted by molar-refractivity contribution is -0.118. The second kappa shape index (κ2) is 8.06. The summed E-state index contributed by atoms with van der Waals surface area (Å²) in [6.07, 6.45) is 2.92. The maximum atomic E-state index is 12.8. The highest BCUT2D eigenvalue weighted by Crippen LogP contribution is 2.16. The Hall–Kier alpha value is -2.94. The van der Waals surface area contributed by atoms with Crippen molar-refractivity contribution in [3.05, 3.63) is 96.2 Å². The van der Waals surface area contributed by atoms with Crippen molar-refractivity contribution in [3.8, 4) is 0 Å². The van der Waals surface area contributed by atoms with Crippen LogP contribution >= 0.6 is 0 Å². The topological polar surface area (TPSA) is 33.2 Å². The van der Waals surface area contributed by atoms with Gasteiger partial charge in [-0.05, 0) is 29.7 Å². The van der Waals surface area contributed by atoms with Gasteiger partial charge in [-0.15, -0.1) is 0 Å². The zero-order valence-corrected chi connectivity index (χ0v) is 13.5. The van der Waals surface area contributed by atoms with Gasteiger partial charge in [-0.1, -0.05) is 66.7 Å². The summed E-state index contributed by atoms with van der Waals surface area (Å²) in [6.45, 7) is 0.533. The van der Waals surface area contributed by atoms with Gasteiger partial charge in [0.2, 0.25) is 5.91 Å². The zero-order chi connectivity index (χ0) is 16.6. The van der Waals surface area contributed by atoms with Crippen molar-refractivity contribution in [2.45, 2.75) is 19.4 Å². The van der Waals surface area contributed by atoms with Crippen LogP contribution in [0.3, 0.4) is 0 Å². The van der Waals surface area contributed by atoms with E-state index in [9.17, 15) is 4.79 Å². The van der Waals surface area contributed by atoms with E-state index in [1.54, 1.807) is 11.1 Å². The number of anilines is 1. The molecule has 2 aromatic carbocycles. The van der Waals surface area contributed by atoms with Crippen LogP contribution in [-0.2, 0) is 17.8 Å². The van der Waals surface area contributed by atoms with Crippen LogP contribution in [0.1, 0.15) is 17.5 Å². The Bertz CT molecular complexity index is 758. The lowest BCUT2D eigenvalue weighted by Crippen LogP contribution is -2.31. The molecule has 24 heavy (non-hydrogen) atoms. The van der Waals surface area contributed by atoms with E-state index in [2.05, 4.69) is 17.1 Å². The Morgan fingerprint density at radius 3 is 2.04 bits per heavy atom. The minimum atomic E-state index is 0.0846. The first kappa shape index (κ1) is 15.9. The van der Waals surface area contributed by atoms with E-state index in [0.29, 0.717) is 18.8 Å². The highest BCUT2D eigenvalue weighted by Gasteiger charge is 2.17. The van der Waals surface area contributed by atoms with Crippen molar-refractivity contribution in [1.82, 2.24) is 4.98 Å². The third-order valence-electron chi connectivity index (χ3n) is 3.88. The maximum absolute atomic E-state index is 12.8. The first-order valence-electron chi connectivity index (χ1n) is 8.12. The van der Waals surface area contributed by atoms with Crippen LogP contribution in [-0.4, -0.2) is 10.9 Å². The molecule has 0 saturated heterocycles. The molecule has 0 aliphatic carbocycles. The number of aromatic nitrogens is 1. The second-order valence-electron chi connectivity index (χ2n) is 5.64. The third-order valence-corrected chi connectivity index (χ3v) is 3.88. The predicted octanol–water partition coefficient (Wildman–Crippen LogP) is 4.25. The lowest BCUT2D eigenvalue weighted by Gasteiger charge is -2.22. The molecule has 1 aromatic heterocycles. The summed E-state index contributed by atoms with van der Waals surface area (Å²) < 4.78 is 0. The zero-order valence-electron chi connectivity index (χ0n) is 13.5. The van der Waals surface area contributed by atoms with Crippen LogP contribution in [0.15, 0.2) is 85.1 Å². The van der Waals surface area contributed by atoms with Crippen molar-refractivity contribution in [2.24, 2.45) is 0 Å². The van der Waals surface area contributed by atoms with Crippen molar-refractivity contribution < 1.29 is 4.79 Å². The molecule has 3 rings (SSSR count). The van der Waals surface area contributed by atoms with Gasteiger partial charge in [0.1, 0.15) is 5.82 Å². The molecule has 0 spiro atoms. The predicted molar refractivity (Wildman–Crippen MR) is 96.6 cm³/mol. The van der Waals surface area contributed by atoms with Crippen LogP contribution in [0.4, 0.5) is 5.82 Å². The van der Waals surface area contributed by atoms with E-state index in [1.165, 1.54) is 5.56 Å². The van der Waals surface area contributed by atoms with Crippen LogP contribution in [0.2, 0.25) is 0 Å². The fourth-order valence-corrected chi connectivity index (χ4v) is 2.61. The summed E-state index contributed by atoms with van der Waals surface area (Å²) in [6, 6.07) is 25.7. The molecule has 1 heterocycles. The molecule has 0 unspecified atom stereocenters. The average molecular weight is 316 g/mol. The number of hydrogen-bond donors (Lipinski definition) is 0. The molecule has 3 nitrogen and oxygen atoms in total. The number of rotatable bonds is 6. The minimum Gasteiger partial charge on any atom is -0.292 e. The largest absolute Gasteiger partial charge is 0.292 e. The minimum absolute atomic E-state index is 0.0846. The molecule has 3 heteroatoms. The Morgan fingerprint density at radius 1 is 0.792 bits per heavy atom. The molecule has 0 radical (unpaired) electrons. The quantitative estimate of drug-likeness (QED) is 0.681. The monoisotopic (exact) mass is 316 g/mol. The second-order valence-corrected chi connectivity index (χ2v) is 5.64. The number of carbonyl (C=O) groups excluding carboxylic acids is 1. The number of carbonyl (C=O) groups is 1. The van der Waals surface area contributed by atoms with Gasteiger partial charge in [-0.2, -0.15) is 0 Å². The molecule has 0 fully saturated rings. The summed E-state index contributed by atoms with van der Waals surface area (Å²) in [7, 11) is 0. The number of amides is 1. The van der Waals surface area contributed by atoms with E-state index in [0.717, 1.165) is 12.0 Å². The van der Waals surface area contributed by atoms with Gasteiger partial charge in [0, 0.05) is 12.6 Å². The summed E-state index contributed by atoms with van der Waals surface area (Å²) in [5.41, 5.74) is 2.27. The molecule has 0 aliphatic rings. The highest BCUT2D eigenvalue weighted by molar-refractivity contribution is 5.92. The van der Waals surface area contributed by atoms with Gasteiger partial charge in [-0.3, -0.25) is 9.69 Å². The van der Waals surface area contributed by atoms with Gasteiger partial charge >= 0.3 is 0 Å². The van der Waals surface area contributed by atoms with E-state index in [4.69, 9.17) is 0 Å². The van der Waals surface area contributed by atoms with E-state index in [1.807, 2.05) is 66.7 Å². The summed E-state index contributed by atoms with van der Waals surface area (Å²) >= 11 is 0. The molecular weight excluding hydrogens is 296 g/mol. The standard InChI is InChI=1S/C21H20N2O/c24-21(15-14-18-9-3-1-4-10-18)23(20-13-7-8-16-22-20)17-19-11-5-2-6-12-19/h1-13,16H,14-15,17H2. The van der Waals surface area contributed by atoms with Gasteiger partial charge in [0.05, 0.1) is 6.54 Å². The van der Waals surface area contributed by atoms with Crippen molar-refractivity contribution in [2.75, 3.05) is 4.90 Å². The van der Waals surface area contributed by atoms with Gasteiger partial charge in [0.25, 0.3) is 0 Å². The Labute approximate surface area is 142 Å². The Morgan fingerprint density at radius 2 is 1.42 bits per heavy atom.